The predicted octanol–water partition coefficient (Wildman–Crippen LogP) is 3.87. The van der Waals surface area contributed by atoms with Gasteiger partial charge >= 0.3 is 5.97 Å². The summed E-state index contributed by atoms with van der Waals surface area (Å²) >= 11 is 0. The molecule has 0 aliphatic rings. The van der Waals surface area contributed by atoms with Crippen molar-refractivity contribution >= 4 is 38.5 Å². The summed E-state index contributed by atoms with van der Waals surface area (Å²) in [6.45, 7) is 0. The molecule has 7 nitrogen and oxygen atoms in total. The molecule has 3 aromatic carbocycles. The summed E-state index contributed by atoms with van der Waals surface area (Å²) in [6, 6.07) is 16.1. The van der Waals surface area contributed by atoms with Gasteiger partial charge in [-0.1, -0.05) is 30.3 Å². The molecule has 8 heteroatoms. The van der Waals surface area contributed by atoms with Gasteiger partial charge in [-0.25, -0.2) is 13.2 Å². The van der Waals surface area contributed by atoms with Crippen molar-refractivity contribution in [3.05, 3.63) is 66.2 Å². The second-order valence-corrected chi connectivity index (χ2v) is 8.55. The predicted molar refractivity (Wildman–Crippen MR) is 120 cm³/mol. The fourth-order valence-electron chi connectivity index (χ4n) is 3.13. The van der Waals surface area contributed by atoms with E-state index in [1.807, 2.05) is 30.3 Å². The quantitative estimate of drug-likeness (QED) is 0.409. The Labute approximate surface area is 181 Å². The SMILES string of the molecule is COC(=O)/C=C/c1cc(OC)c(OC)c(S(=O)(=O)N(C)c2ccc3ccccc3c2)c1. The lowest BCUT2D eigenvalue weighted by atomic mass is 10.1. The molecule has 3 rings (SSSR count). The van der Waals surface area contributed by atoms with E-state index >= 15 is 0 Å². The summed E-state index contributed by atoms with van der Waals surface area (Å²) in [5, 5.41) is 1.92. The minimum Gasteiger partial charge on any atom is -0.493 e. The highest BCUT2D eigenvalue weighted by atomic mass is 32.2. The Bertz CT molecular complexity index is 1250. The van der Waals surface area contributed by atoms with Crippen molar-refractivity contribution in [2.45, 2.75) is 4.90 Å². The second-order valence-electron chi connectivity index (χ2n) is 6.62. The molecular weight excluding hydrogens is 418 g/mol. The standard InChI is InChI=1S/C23H23NO6S/c1-24(19-11-10-17-7-5-6-8-18(17)15-19)31(26,27)21-14-16(9-12-22(25)29-3)13-20(28-2)23(21)30-4/h5-15H,1-4H3/b12-9+. The van der Waals surface area contributed by atoms with Gasteiger partial charge in [0.15, 0.2) is 11.5 Å². The zero-order chi connectivity index (χ0) is 22.6. The van der Waals surface area contributed by atoms with Crippen molar-refractivity contribution in [1.82, 2.24) is 0 Å². The number of fused-ring (bicyclic) bond motifs is 1. The smallest absolute Gasteiger partial charge is 0.330 e. The fourth-order valence-corrected chi connectivity index (χ4v) is 4.52. The second kappa shape index (κ2) is 9.09. The Morgan fingerprint density at radius 3 is 2.29 bits per heavy atom. The molecular formula is C23H23NO6S. The van der Waals surface area contributed by atoms with Gasteiger partial charge in [-0.05, 0) is 46.7 Å². The maximum Gasteiger partial charge on any atom is 0.330 e. The first-order valence-corrected chi connectivity index (χ1v) is 10.8. The minimum atomic E-state index is -4.02. The van der Waals surface area contributed by atoms with Crippen LogP contribution in [0.3, 0.4) is 0 Å². The Balaban J connectivity index is 2.12. The Kier molecular flexibility index (Phi) is 6.50. The van der Waals surface area contributed by atoms with Crippen molar-refractivity contribution in [3.8, 4) is 11.5 Å². The molecule has 0 saturated heterocycles. The highest BCUT2D eigenvalue weighted by Gasteiger charge is 2.28. The van der Waals surface area contributed by atoms with Crippen molar-refractivity contribution in [2.75, 3.05) is 32.7 Å². The highest BCUT2D eigenvalue weighted by Crippen LogP contribution is 2.38. The van der Waals surface area contributed by atoms with E-state index in [9.17, 15) is 13.2 Å². The number of sulfonamides is 1. The molecule has 0 aliphatic carbocycles. The van der Waals surface area contributed by atoms with E-state index < -0.39 is 16.0 Å². The molecule has 0 N–H and O–H groups in total. The summed E-state index contributed by atoms with van der Waals surface area (Å²) in [5.74, 6) is -0.266. The van der Waals surface area contributed by atoms with E-state index in [1.54, 1.807) is 18.2 Å². The monoisotopic (exact) mass is 441 g/mol. The maximum atomic E-state index is 13.5. The number of methoxy groups -OCH3 is 3. The summed E-state index contributed by atoms with van der Waals surface area (Å²) < 4.78 is 43.6. The van der Waals surface area contributed by atoms with Crippen LogP contribution in [0, 0.1) is 0 Å². The molecule has 162 valence electrons. The van der Waals surface area contributed by atoms with Crippen LogP contribution in [0.2, 0.25) is 0 Å². The summed E-state index contributed by atoms with van der Waals surface area (Å²) in [6.07, 6.45) is 2.65. The molecule has 0 aliphatic heterocycles. The molecule has 0 aromatic heterocycles. The van der Waals surface area contributed by atoms with Gasteiger partial charge < -0.3 is 14.2 Å². The van der Waals surface area contributed by atoms with Gasteiger partial charge in [-0.2, -0.15) is 0 Å². The molecule has 0 saturated carbocycles. The molecule has 0 heterocycles. The van der Waals surface area contributed by atoms with Crippen LogP contribution >= 0.6 is 0 Å². The fraction of sp³-hybridized carbons (Fsp3) is 0.174. The first-order chi connectivity index (χ1) is 14.8. The third kappa shape index (κ3) is 4.49. The Morgan fingerprint density at radius 1 is 0.935 bits per heavy atom. The number of anilines is 1. The van der Waals surface area contributed by atoms with Crippen LogP contribution in [0.4, 0.5) is 5.69 Å². The molecule has 0 spiro atoms. The third-order valence-corrected chi connectivity index (χ3v) is 6.61. The van der Waals surface area contributed by atoms with Crippen molar-refractivity contribution in [3.63, 3.8) is 0 Å². The maximum absolute atomic E-state index is 13.5. The van der Waals surface area contributed by atoms with Crippen LogP contribution in [-0.2, 0) is 19.6 Å². The zero-order valence-electron chi connectivity index (χ0n) is 17.7. The van der Waals surface area contributed by atoms with E-state index in [2.05, 4.69) is 4.74 Å². The summed E-state index contributed by atoms with van der Waals surface area (Å²) in [5.41, 5.74) is 0.934. The number of hydrogen-bond donors (Lipinski definition) is 0. The number of carbonyl (C=O) groups excluding carboxylic acids is 1. The van der Waals surface area contributed by atoms with Crippen LogP contribution in [0.5, 0.6) is 11.5 Å². The van der Waals surface area contributed by atoms with Crippen molar-refractivity contribution < 1.29 is 27.4 Å². The first-order valence-electron chi connectivity index (χ1n) is 9.31. The van der Waals surface area contributed by atoms with Gasteiger partial charge in [-0.15, -0.1) is 0 Å². The lowest BCUT2D eigenvalue weighted by molar-refractivity contribution is -0.134. The molecule has 0 bridgehead atoms. The molecule has 0 radical (unpaired) electrons. The Hall–Kier alpha value is -3.52. The summed E-state index contributed by atoms with van der Waals surface area (Å²) in [4.78, 5) is 11.4. The number of ether oxygens (including phenoxy) is 3. The minimum absolute atomic E-state index is 0.0744. The molecule has 31 heavy (non-hydrogen) atoms. The van der Waals surface area contributed by atoms with E-state index in [0.717, 1.165) is 10.8 Å². The van der Waals surface area contributed by atoms with Gasteiger partial charge in [0, 0.05) is 13.1 Å². The topological polar surface area (TPSA) is 82.1 Å². The van der Waals surface area contributed by atoms with Crippen LogP contribution in [0.15, 0.2) is 65.6 Å². The van der Waals surface area contributed by atoms with Gasteiger partial charge in [0.2, 0.25) is 0 Å². The van der Waals surface area contributed by atoms with Gasteiger partial charge in [0.1, 0.15) is 4.90 Å². The van der Waals surface area contributed by atoms with Crippen LogP contribution < -0.4 is 13.8 Å². The lowest BCUT2D eigenvalue weighted by Gasteiger charge is -2.22. The van der Waals surface area contributed by atoms with Crippen molar-refractivity contribution in [1.29, 1.82) is 0 Å². The zero-order valence-corrected chi connectivity index (χ0v) is 18.5. The van der Waals surface area contributed by atoms with E-state index in [1.165, 1.54) is 50.9 Å². The van der Waals surface area contributed by atoms with Gasteiger partial charge in [-0.3, -0.25) is 4.31 Å². The largest absolute Gasteiger partial charge is 0.493 e. The average molecular weight is 442 g/mol. The summed E-state index contributed by atoms with van der Waals surface area (Å²) in [7, 11) is 1.49. The number of nitrogens with zero attached hydrogens (tertiary/aromatic N) is 1. The van der Waals surface area contributed by atoms with E-state index in [0.29, 0.717) is 11.3 Å². The highest BCUT2D eigenvalue weighted by molar-refractivity contribution is 7.93. The molecule has 0 fully saturated rings. The normalized spacial score (nSPS) is 11.5. The number of carbonyl (C=O) groups is 1. The van der Waals surface area contributed by atoms with Crippen LogP contribution in [0.25, 0.3) is 16.8 Å². The Morgan fingerprint density at radius 2 is 1.65 bits per heavy atom. The van der Waals surface area contributed by atoms with Crippen LogP contribution in [0.1, 0.15) is 5.56 Å². The van der Waals surface area contributed by atoms with E-state index in [4.69, 9.17) is 9.47 Å². The average Bonchev–Trinajstić information content (AvgIpc) is 2.80. The molecule has 3 aromatic rings. The number of benzene rings is 3. The lowest BCUT2D eigenvalue weighted by Crippen LogP contribution is -2.27. The molecule has 0 amide bonds. The first kappa shape index (κ1) is 22.2. The number of esters is 1. The number of rotatable bonds is 7. The molecule has 0 unspecified atom stereocenters. The van der Waals surface area contributed by atoms with Gasteiger partial charge in [0.25, 0.3) is 10.0 Å². The third-order valence-electron chi connectivity index (χ3n) is 4.82. The van der Waals surface area contributed by atoms with Gasteiger partial charge in [0.05, 0.1) is 27.0 Å². The molecule has 0 atom stereocenters. The van der Waals surface area contributed by atoms with E-state index in [-0.39, 0.29) is 16.4 Å². The van der Waals surface area contributed by atoms with Crippen LogP contribution in [-0.4, -0.2) is 42.8 Å². The van der Waals surface area contributed by atoms with Crippen molar-refractivity contribution in [2.24, 2.45) is 0 Å². The number of hydrogen-bond acceptors (Lipinski definition) is 6.